The molecule has 1 saturated heterocycles. The first-order valence-electron chi connectivity index (χ1n) is 9.31. The number of alkyl halides is 3. The fourth-order valence-corrected chi connectivity index (χ4v) is 5.38. The molecule has 1 fully saturated rings. The molecule has 0 saturated carbocycles. The second-order valence-corrected chi connectivity index (χ2v) is 9.03. The average Bonchev–Trinajstić information content (AvgIpc) is 3.12. The van der Waals surface area contributed by atoms with Crippen molar-refractivity contribution in [3.63, 3.8) is 0 Å². The Kier molecular flexibility index (Phi) is 4.80. The monoisotopic (exact) mass is 424 g/mol. The minimum Gasteiger partial charge on any atom is -0.312 e. The number of hydrogen-bond acceptors (Lipinski definition) is 3. The summed E-state index contributed by atoms with van der Waals surface area (Å²) in [6.07, 6.45) is -2.40. The summed E-state index contributed by atoms with van der Waals surface area (Å²) in [5.41, 5.74) is 0.507. The standard InChI is InChI=1S/C20H19F3N2O3S/c21-20(22,23)15-5-10-18-14(13-15)3-1-12-25(18)29(27,28)17-8-6-16(7-9-17)24-11-2-4-19(24)26/h5-10,13H,1-4,11-12H2. The molecule has 2 heterocycles. The number of sulfonamides is 1. The molecule has 5 nitrogen and oxygen atoms in total. The largest absolute Gasteiger partial charge is 0.416 e. The quantitative estimate of drug-likeness (QED) is 0.749. The van der Waals surface area contributed by atoms with E-state index in [1.165, 1.54) is 22.5 Å². The van der Waals surface area contributed by atoms with Gasteiger partial charge in [-0.3, -0.25) is 9.10 Å². The van der Waals surface area contributed by atoms with Crippen molar-refractivity contribution in [3.8, 4) is 0 Å². The van der Waals surface area contributed by atoms with Gasteiger partial charge in [0.05, 0.1) is 16.1 Å². The Labute approximate surface area is 166 Å². The molecule has 29 heavy (non-hydrogen) atoms. The Hall–Kier alpha value is -2.55. The highest BCUT2D eigenvalue weighted by molar-refractivity contribution is 7.92. The summed E-state index contributed by atoms with van der Waals surface area (Å²) in [5, 5.41) is 0. The predicted octanol–water partition coefficient (Wildman–Crippen LogP) is 3.97. The van der Waals surface area contributed by atoms with Crippen LogP contribution in [0.25, 0.3) is 0 Å². The van der Waals surface area contributed by atoms with Crippen molar-refractivity contribution in [2.75, 3.05) is 22.3 Å². The highest BCUT2D eigenvalue weighted by Gasteiger charge is 2.34. The molecule has 9 heteroatoms. The van der Waals surface area contributed by atoms with Gasteiger partial charge in [0.1, 0.15) is 0 Å². The zero-order valence-corrected chi connectivity index (χ0v) is 16.3. The van der Waals surface area contributed by atoms with Gasteiger partial charge in [-0.15, -0.1) is 0 Å². The molecule has 0 aromatic heterocycles. The number of benzene rings is 2. The molecule has 2 aliphatic heterocycles. The normalized spacial score (nSPS) is 17.6. The molecule has 0 unspecified atom stereocenters. The summed E-state index contributed by atoms with van der Waals surface area (Å²) < 4.78 is 66.4. The molecule has 0 aliphatic carbocycles. The third-order valence-electron chi connectivity index (χ3n) is 5.29. The molecule has 4 rings (SSSR count). The molecule has 0 atom stereocenters. The van der Waals surface area contributed by atoms with Crippen LogP contribution in [0.15, 0.2) is 47.4 Å². The molecule has 0 N–H and O–H groups in total. The fraction of sp³-hybridized carbons (Fsp3) is 0.350. The van der Waals surface area contributed by atoms with Gasteiger partial charge >= 0.3 is 6.18 Å². The number of nitrogens with zero attached hydrogens (tertiary/aromatic N) is 2. The van der Waals surface area contributed by atoms with Crippen LogP contribution in [0.2, 0.25) is 0 Å². The number of anilines is 2. The summed E-state index contributed by atoms with van der Waals surface area (Å²) in [6.45, 7) is 0.805. The van der Waals surface area contributed by atoms with Crippen LogP contribution in [0.1, 0.15) is 30.4 Å². The molecule has 2 aromatic rings. The smallest absolute Gasteiger partial charge is 0.312 e. The van der Waals surface area contributed by atoms with Crippen LogP contribution in [-0.4, -0.2) is 27.4 Å². The van der Waals surface area contributed by atoms with E-state index in [4.69, 9.17) is 0 Å². The van der Waals surface area contributed by atoms with Crippen molar-refractivity contribution >= 4 is 27.3 Å². The number of amides is 1. The van der Waals surface area contributed by atoms with Gasteiger partial charge in [0.2, 0.25) is 5.91 Å². The number of carbonyl (C=O) groups excluding carboxylic acids is 1. The van der Waals surface area contributed by atoms with E-state index in [-0.39, 0.29) is 23.0 Å². The molecule has 1 amide bonds. The van der Waals surface area contributed by atoms with Crippen molar-refractivity contribution < 1.29 is 26.4 Å². The zero-order valence-electron chi connectivity index (χ0n) is 15.4. The van der Waals surface area contributed by atoms with E-state index in [9.17, 15) is 26.4 Å². The van der Waals surface area contributed by atoms with Crippen molar-refractivity contribution in [1.29, 1.82) is 0 Å². The van der Waals surface area contributed by atoms with Gasteiger partial charge in [-0.2, -0.15) is 13.2 Å². The van der Waals surface area contributed by atoms with Crippen LogP contribution in [-0.2, 0) is 27.4 Å². The van der Waals surface area contributed by atoms with Crippen LogP contribution >= 0.6 is 0 Å². The number of fused-ring (bicyclic) bond motifs is 1. The lowest BCUT2D eigenvalue weighted by molar-refractivity contribution is -0.137. The Balaban J connectivity index is 1.66. The summed E-state index contributed by atoms with van der Waals surface area (Å²) in [7, 11) is -3.93. The van der Waals surface area contributed by atoms with Crippen LogP contribution in [0.4, 0.5) is 24.5 Å². The lowest BCUT2D eigenvalue weighted by Crippen LogP contribution is -2.35. The summed E-state index contributed by atoms with van der Waals surface area (Å²) >= 11 is 0. The van der Waals surface area contributed by atoms with E-state index in [0.717, 1.165) is 18.6 Å². The van der Waals surface area contributed by atoms with Gasteiger partial charge in [0.15, 0.2) is 0 Å². The van der Waals surface area contributed by atoms with Crippen LogP contribution < -0.4 is 9.21 Å². The third kappa shape index (κ3) is 3.59. The minimum atomic E-state index is -4.47. The molecule has 154 valence electrons. The Bertz CT molecular complexity index is 1050. The van der Waals surface area contributed by atoms with Gasteiger partial charge in [0.25, 0.3) is 10.0 Å². The van der Waals surface area contributed by atoms with E-state index >= 15 is 0 Å². The Morgan fingerprint density at radius 3 is 2.21 bits per heavy atom. The van der Waals surface area contributed by atoms with Crippen LogP contribution in [0, 0.1) is 0 Å². The minimum absolute atomic E-state index is 0.00559. The topological polar surface area (TPSA) is 57.7 Å². The third-order valence-corrected chi connectivity index (χ3v) is 7.12. The van der Waals surface area contributed by atoms with Gasteiger partial charge in [-0.05, 0) is 67.3 Å². The molecule has 0 bridgehead atoms. The van der Waals surface area contributed by atoms with Crippen molar-refractivity contribution in [2.24, 2.45) is 0 Å². The number of rotatable bonds is 3. The zero-order chi connectivity index (χ0) is 20.8. The van der Waals surface area contributed by atoms with Gasteiger partial charge < -0.3 is 4.90 Å². The second-order valence-electron chi connectivity index (χ2n) is 7.16. The van der Waals surface area contributed by atoms with Gasteiger partial charge in [0, 0.05) is 25.2 Å². The lowest BCUT2D eigenvalue weighted by Gasteiger charge is -2.31. The summed E-state index contributed by atoms with van der Waals surface area (Å²) in [5.74, 6) is 0.00559. The van der Waals surface area contributed by atoms with Crippen molar-refractivity contribution in [1.82, 2.24) is 0 Å². The van der Waals surface area contributed by atoms with E-state index in [1.54, 1.807) is 17.0 Å². The van der Waals surface area contributed by atoms with E-state index in [0.29, 0.717) is 37.1 Å². The highest BCUT2D eigenvalue weighted by Crippen LogP contribution is 2.37. The number of carbonyl (C=O) groups is 1. The first kappa shape index (κ1) is 19.8. The van der Waals surface area contributed by atoms with Crippen LogP contribution in [0.3, 0.4) is 0 Å². The van der Waals surface area contributed by atoms with Crippen molar-refractivity contribution in [3.05, 3.63) is 53.6 Å². The van der Waals surface area contributed by atoms with Crippen molar-refractivity contribution in [2.45, 2.75) is 36.8 Å². The second kappa shape index (κ2) is 7.05. The van der Waals surface area contributed by atoms with E-state index < -0.39 is 21.8 Å². The molecule has 2 aliphatic rings. The summed E-state index contributed by atoms with van der Waals surface area (Å²) in [4.78, 5) is 13.5. The molecule has 2 aromatic carbocycles. The lowest BCUT2D eigenvalue weighted by atomic mass is 10.0. The van der Waals surface area contributed by atoms with Gasteiger partial charge in [-0.25, -0.2) is 8.42 Å². The Morgan fingerprint density at radius 1 is 0.897 bits per heavy atom. The number of hydrogen-bond donors (Lipinski definition) is 0. The summed E-state index contributed by atoms with van der Waals surface area (Å²) in [6, 6.07) is 9.23. The van der Waals surface area contributed by atoms with Crippen LogP contribution in [0.5, 0.6) is 0 Å². The SMILES string of the molecule is O=C1CCCN1c1ccc(S(=O)(=O)N2CCCc3cc(C(F)(F)F)ccc32)cc1. The molecular formula is C20H19F3N2O3S. The van der Waals surface area contributed by atoms with Gasteiger partial charge in [-0.1, -0.05) is 0 Å². The van der Waals surface area contributed by atoms with E-state index in [1.807, 2.05) is 0 Å². The maximum absolute atomic E-state index is 13.2. The van der Waals surface area contributed by atoms with E-state index in [2.05, 4.69) is 0 Å². The predicted molar refractivity (Wildman–Crippen MR) is 102 cm³/mol. The first-order valence-corrected chi connectivity index (χ1v) is 10.8. The maximum atomic E-state index is 13.2. The number of aryl methyl sites for hydroxylation is 1. The molecular weight excluding hydrogens is 405 g/mol. The maximum Gasteiger partial charge on any atom is 0.416 e. The number of halogens is 3. The molecule has 0 radical (unpaired) electrons. The Morgan fingerprint density at radius 2 is 1.59 bits per heavy atom. The fourth-order valence-electron chi connectivity index (χ4n) is 3.84. The molecule has 0 spiro atoms. The highest BCUT2D eigenvalue weighted by atomic mass is 32.2. The average molecular weight is 424 g/mol. The first-order chi connectivity index (χ1) is 13.7.